The topological polar surface area (TPSA) is 35.5 Å². The molecule has 94 valence electrons. The number of allylic oxidation sites excluding steroid dienone is 1. The van der Waals surface area contributed by atoms with Crippen molar-refractivity contribution in [2.24, 2.45) is 0 Å². The van der Waals surface area contributed by atoms with Crippen LogP contribution in [0.15, 0.2) is 47.7 Å². The molecule has 0 unspecified atom stereocenters. The van der Waals surface area contributed by atoms with Crippen molar-refractivity contribution in [3.8, 4) is 0 Å². The van der Waals surface area contributed by atoms with E-state index >= 15 is 0 Å². The van der Waals surface area contributed by atoms with Crippen LogP contribution in [0.3, 0.4) is 0 Å². The Morgan fingerprint density at radius 1 is 1.22 bits per heavy atom. The predicted molar refractivity (Wildman–Crippen MR) is 69.5 cm³/mol. The summed E-state index contributed by atoms with van der Waals surface area (Å²) in [7, 11) is 0. The van der Waals surface area contributed by atoms with E-state index < -0.39 is 0 Å². The maximum atomic E-state index is 11.8. The molecule has 1 aliphatic heterocycles. The summed E-state index contributed by atoms with van der Waals surface area (Å²) in [5.41, 5.74) is 1.42. The highest BCUT2D eigenvalue weighted by Crippen LogP contribution is 2.28. The Kier molecular flexibility index (Phi) is 3.82. The Labute approximate surface area is 107 Å². The van der Waals surface area contributed by atoms with Crippen molar-refractivity contribution < 1.29 is 14.3 Å². The fourth-order valence-electron chi connectivity index (χ4n) is 1.86. The van der Waals surface area contributed by atoms with E-state index in [-0.39, 0.29) is 5.97 Å². The van der Waals surface area contributed by atoms with Gasteiger partial charge in [-0.1, -0.05) is 37.3 Å². The first-order chi connectivity index (χ1) is 8.76. The Morgan fingerprint density at radius 2 is 1.94 bits per heavy atom. The van der Waals surface area contributed by atoms with E-state index in [1.807, 2.05) is 44.2 Å². The van der Waals surface area contributed by atoms with Crippen molar-refractivity contribution in [1.82, 2.24) is 0 Å². The molecule has 0 spiro atoms. The van der Waals surface area contributed by atoms with E-state index in [2.05, 4.69) is 0 Å². The molecule has 0 N–H and O–H groups in total. The molecule has 1 aromatic rings. The molecule has 3 heteroatoms. The van der Waals surface area contributed by atoms with Crippen molar-refractivity contribution >= 4 is 11.7 Å². The van der Waals surface area contributed by atoms with Crippen molar-refractivity contribution in [3.63, 3.8) is 0 Å². The maximum absolute atomic E-state index is 11.8. The SMILES string of the molecule is CCOC(CC)=C1C=C(c2ccccc2)OC1=O. The van der Waals surface area contributed by atoms with Crippen molar-refractivity contribution in [2.45, 2.75) is 20.3 Å². The maximum Gasteiger partial charge on any atom is 0.347 e. The van der Waals surface area contributed by atoms with Crippen molar-refractivity contribution in [2.75, 3.05) is 6.61 Å². The third kappa shape index (κ3) is 2.45. The zero-order chi connectivity index (χ0) is 13.0. The first kappa shape index (κ1) is 12.4. The largest absolute Gasteiger partial charge is 0.497 e. The molecule has 0 aromatic heterocycles. The van der Waals surface area contributed by atoms with Crippen molar-refractivity contribution in [3.05, 3.63) is 53.3 Å². The first-order valence-corrected chi connectivity index (χ1v) is 6.11. The summed E-state index contributed by atoms with van der Waals surface area (Å²) in [6.07, 6.45) is 2.43. The monoisotopic (exact) mass is 244 g/mol. The fraction of sp³-hybridized carbons (Fsp3) is 0.267. The number of rotatable bonds is 4. The molecule has 0 saturated heterocycles. The van der Waals surface area contributed by atoms with Gasteiger partial charge < -0.3 is 9.47 Å². The summed E-state index contributed by atoms with van der Waals surface area (Å²) in [6.45, 7) is 4.41. The van der Waals surface area contributed by atoms with E-state index in [0.717, 1.165) is 5.56 Å². The molecule has 0 radical (unpaired) electrons. The molecule has 0 fully saturated rings. The third-order valence-electron chi connectivity index (χ3n) is 2.70. The number of cyclic esters (lactones) is 1. The Hall–Kier alpha value is -2.03. The molecule has 3 nitrogen and oxygen atoms in total. The van der Waals surface area contributed by atoms with Crippen LogP contribution in [-0.2, 0) is 14.3 Å². The molecule has 1 aliphatic rings. The molecular formula is C15H16O3. The van der Waals surface area contributed by atoms with Crippen LogP contribution in [0.2, 0.25) is 0 Å². The second-order valence-electron chi connectivity index (χ2n) is 3.89. The Morgan fingerprint density at radius 3 is 2.56 bits per heavy atom. The lowest BCUT2D eigenvalue weighted by Gasteiger charge is -2.06. The zero-order valence-corrected chi connectivity index (χ0v) is 10.6. The van der Waals surface area contributed by atoms with Crippen LogP contribution in [0.5, 0.6) is 0 Å². The van der Waals surface area contributed by atoms with E-state index in [9.17, 15) is 4.79 Å². The quantitative estimate of drug-likeness (QED) is 0.463. The minimum atomic E-state index is -0.334. The predicted octanol–water partition coefficient (Wildman–Crippen LogP) is 3.28. The number of esters is 1. The Balaban J connectivity index is 2.35. The van der Waals surface area contributed by atoms with Crippen LogP contribution < -0.4 is 0 Å². The van der Waals surface area contributed by atoms with Crippen LogP contribution in [0.25, 0.3) is 5.76 Å². The lowest BCUT2D eigenvalue weighted by molar-refractivity contribution is -0.131. The summed E-state index contributed by atoms with van der Waals surface area (Å²) in [6, 6.07) is 9.57. The second kappa shape index (κ2) is 5.54. The number of ether oxygens (including phenoxy) is 2. The third-order valence-corrected chi connectivity index (χ3v) is 2.70. The first-order valence-electron chi connectivity index (χ1n) is 6.11. The van der Waals surface area contributed by atoms with Crippen LogP contribution in [0.4, 0.5) is 0 Å². The second-order valence-corrected chi connectivity index (χ2v) is 3.89. The molecule has 0 saturated carbocycles. The summed E-state index contributed by atoms with van der Waals surface area (Å²) >= 11 is 0. The molecule has 0 amide bonds. The van der Waals surface area contributed by atoms with Gasteiger partial charge in [0.05, 0.1) is 6.61 Å². The van der Waals surface area contributed by atoms with Gasteiger partial charge in [-0.25, -0.2) is 4.79 Å². The van der Waals surface area contributed by atoms with Crippen LogP contribution >= 0.6 is 0 Å². The standard InChI is InChI=1S/C15H16O3/c1-3-13(17-4-2)12-10-14(18-15(12)16)11-8-6-5-7-9-11/h5-10H,3-4H2,1-2H3. The minimum Gasteiger partial charge on any atom is -0.497 e. The van der Waals surface area contributed by atoms with E-state index in [1.165, 1.54) is 0 Å². The number of hydrogen-bond donors (Lipinski definition) is 0. The number of benzene rings is 1. The molecule has 2 rings (SSSR count). The number of carbonyl (C=O) groups excluding carboxylic acids is 1. The molecule has 1 aromatic carbocycles. The van der Waals surface area contributed by atoms with Gasteiger partial charge in [0.2, 0.25) is 0 Å². The lowest BCUT2D eigenvalue weighted by atomic mass is 10.1. The van der Waals surface area contributed by atoms with Gasteiger partial charge in [0.1, 0.15) is 17.1 Å². The summed E-state index contributed by atoms with van der Waals surface area (Å²) in [5, 5.41) is 0. The Bertz CT molecular complexity index is 498. The average molecular weight is 244 g/mol. The normalized spacial score (nSPS) is 17.2. The molecule has 0 bridgehead atoms. The summed E-state index contributed by atoms with van der Waals surface area (Å²) in [5.74, 6) is 0.939. The average Bonchev–Trinajstić information content (AvgIpc) is 2.79. The molecule has 0 atom stereocenters. The van der Waals surface area contributed by atoms with Crippen LogP contribution in [-0.4, -0.2) is 12.6 Å². The van der Waals surface area contributed by atoms with Gasteiger partial charge in [-0.05, 0) is 13.0 Å². The van der Waals surface area contributed by atoms with Gasteiger partial charge in [0.15, 0.2) is 0 Å². The van der Waals surface area contributed by atoms with Gasteiger partial charge in [-0.2, -0.15) is 0 Å². The smallest absolute Gasteiger partial charge is 0.347 e. The highest BCUT2D eigenvalue weighted by atomic mass is 16.5. The zero-order valence-electron chi connectivity index (χ0n) is 10.6. The highest BCUT2D eigenvalue weighted by Gasteiger charge is 2.25. The van der Waals surface area contributed by atoms with E-state index in [4.69, 9.17) is 9.47 Å². The van der Waals surface area contributed by atoms with Crippen LogP contribution in [0.1, 0.15) is 25.8 Å². The summed E-state index contributed by atoms with van der Waals surface area (Å²) < 4.78 is 10.7. The molecule has 18 heavy (non-hydrogen) atoms. The van der Waals surface area contributed by atoms with Gasteiger partial charge in [-0.3, -0.25) is 0 Å². The number of hydrogen-bond acceptors (Lipinski definition) is 3. The molecular weight excluding hydrogens is 228 g/mol. The van der Waals surface area contributed by atoms with Gasteiger partial charge in [0, 0.05) is 12.0 Å². The van der Waals surface area contributed by atoms with Crippen LogP contribution in [0, 0.1) is 0 Å². The van der Waals surface area contributed by atoms with E-state index in [0.29, 0.717) is 30.1 Å². The summed E-state index contributed by atoms with van der Waals surface area (Å²) in [4.78, 5) is 11.8. The lowest BCUT2D eigenvalue weighted by Crippen LogP contribution is -2.03. The van der Waals surface area contributed by atoms with Gasteiger partial charge >= 0.3 is 5.97 Å². The van der Waals surface area contributed by atoms with Gasteiger partial charge in [-0.15, -0.1) is 0 Å². The minimum absolute atomic E-state index is 0.334. The van der Waals surface area contributed by atoms with Gasteiger partial charge in [0.25, 0.3) is 0 Å². The fourth-order valence-corrected chi connectivity index (χ4v) is 1.86. The molecule has 1 heterocycles. The highest BCUT2D eigenvalue weighted by molar-refractivity contribution is 6.01. The van der Waals surface area contributed by atoms with E-state index in [1.54, 1.807) is 6.08 Å². The van der Waals surface area contributed by atoms with Crippen molar-refractivity contribution in [1.29, 1.82) is 0 Å². The molecule has 0 aliphatic carbocycles. The number of carbonyl (C=O) groups is 1.